The van der Waals surface area contributed by atoms with Gasteiger partial charge in [-0.15, -0.1) is 0 Å². The van der Waals surface area contributed by atoms with E-state index in [1.807, 2.05) is 29.1 Å². The van der Waals surface area contributed by atoms with Crippen LogP contribution in [-0.4, -0.2) is 27.2 Å². The van der Waals surface area contributed by atoms with Crippen molar-refractivity contribution in [1.82, 2.24) is 20.1 Å². The minimum absolute atomic E-state index is 0.0182. The predicted octanol–water partition coefficient (Wildman–Crippen LogP) is 2.50. The number of hydrogen-bond donors (Lipinski definition) is 1. The zero-order chi connectivity index (χ0) is 15.3. The highest BCUT2D eigenvalue weighted by atomic mass is 16.1. The lowest BCUT2D eigenvalue weighted by Gasteiger charge is -2.17. The van der Waals surface area contributed by atoms with Crippen molar-refractivity contribution in [1.29, 1.82) is 0 Å². The lowest BCUT2D eigenvalue weighted by Crippen LogP contribution is -2.30. The Balaban J connectivity index is 1.83. The van der Waals surface area contributed by atoms with Crippen LogP contribution in [0.3, 0.4) is 0 Å². The first-order valence-corrected chi connectivity index (χ1v) is 7.15. The van der Waals surface area contributed by atoms with Crippen LogP contribution in [0.2, 0.25) is 0 Å². The van der Waals surface area contributed by atoms with Gasteiger partial charge in [0.2, 0.25) is 5.91 Å². The molecule has 0 aromatic carbocycles. The molecule has 1 amide bonds. The molecule has 112 valence electrons. The first-order valence-electron chi connectivity index (χ1n) is 7.15. The van der Waals surface area contributed by atoms with E-state index in [9.17, 15) is 4.79 Å². The maximum absolute atomic E-state index is 11.7. The Morgan fingerprint density at radius 2 is 1.95 bits per heavy atom. The molecule has 0 spiro atoms. The number of aromatic nitrogens is 3. The van der Waals surface area contributed by atoms with E-state index in [-0.39, 0.29) is 11.3 Å². The van der Waals surface area contributed by atoms with Crippen molar-refractivity contribution in [2.75, 3.05) is 6.54 Å². The van der Waals surface area contributed by atoms with Crippen LogP contribution in [0.4, 0.5) is 0 Å². The summed E-state index contributed by atoms with van der Waals surface area (Å²) in [6.07, 6.45) is 5.96. The van der Waals surface area contributed by atoms with Crippen molar-refractivity contribution in [2.24, 2.45) is 5.41 Å². The van der Waals surface area contributed by atoms with Crippen LogP contribution in [0.1, 0.15) is 27.2 Å². The van der Waals surface area contributed by atoms with Crippen LogP contribution in [0.5, 0.6) is 0 Å². The predicted molar refractivity (Wildman–Crippen MR) is 82.5 cm³/mol. The Morgan fingerprint density at radius 3 is 2.62 bits per heavy atom. The molecule has 0 aliphatic carbocycles. The fourth-order valence-corrected chi connectivity index (χ4v) is 2.02. The van der Waals surface area contributed by atoms with Gasteiger partial charge in [-0.3, -0.25) is 14.5 Å². The van der Waals surface area contributed by atoms with Crippen LogP contribution in [0.25, 0.3) is 11.3 Å². The molecule has 0 aliphatic heterocycles. The van der Waals surface area contributed by atoms with E-state index in [0.717, 1.165) is 11.3 Å². The minimum Gasteiger partial charge on any atom is -0.354 e. The molecule has 21 heavy (non-hydrogen) atoms. The van der Waals surface area contributed by atoms with E-state index in [1.165, 1.54) is 0 Å². The monoisotopic (exact) mass is 286 g/mol. The second kappa shape index (κ2) is 6.52. The van der Waals surface area contributed by atoms with Gasteiger partial charge in [0.25, 0.3) is 0 Å². The van der Waals surface area contributed by atoms with E-state index in [4.69, 9.17) is 0 Å². The highest BCUT2D eigenvalue weighted by molar-refractivity contribution is 5.76. The third-order valence-electron chi connectivity index (χ3n) is 2.97. The molecule has 2 aromatic heterocycles. The van der Waals surface area contributed by atoms with Gasteiger partial charge in [0.15, 0.2) is 0 Å². The molecule has 2 heterocycles. The highest BCUT2D eigenvalue weighted by Crippen LogP contribution is 2.17. The van der Waals surface area contributed by atoms with E-state index < -0.39 is 0 Å². The topological polar surface area (TPSA) is 59.8 Å². The largest absolute Gasteiger partial charge is 0.354 e. The number of nitrogens with one attached hydrogen (secondary N) is 1. The first-order chi connectivity index (χ1) is 9.94. The third-order valence-corrected chi connectivity index (χ3v) is 2.97. The second-order valence-corrected chi connectivity index (χ2v) is 6.29. The number of amides is 1. The molecule has 2 aromatic rings. The maximum Gasteiger partial charge on any atom is 0.220 e. The van der Waals surface area contributed by atoms with Crippen LogP contribution in [-0.2, 0) is 11.3 Å². The van der Waals surface area contributed by atoms with Gasteiger partial charge in [-0.1, -0.05) is 20.8 Å². The SMILES string of the molecule is CC(C)(C)CC(=O)NCCn1ccc(-c2ccncc2)n1. The van der Waals surface area contributed by atoms with E-state index in [0.29, 0.717) is 19.5 Å². The number of hydrogen-bond acceptors (Lipinski definition) is 3. The molecule has 5 nitrogen and oxygen atoms in total. The number of carbonyl (C=O) groups excluding carboxylic acids is 1. The molecule has 0 radical (unpaired) electrons. The Morgan fingerprint density at radius 1 is 1.24 bits per heavy atom. The van der Waals surface area contributed by atoms with Crippen molar-refractivity contribution in [3.63, 3.8) is 0 Å². The normalized spacial score (nSPS) is 11.4. The fourth-order valence-electron chi connectivity index (χ4n) is 2.02. The van der Waals surface area contributed by atoms with Crippen molar-refractivity contribution in [3.8, 4) is 11.3 Å². The van der Waals surface area contributed by atoms with Gasteiger partial charge in [0, 0.05) is 37.1 Å². The van der Waals surface area contributed by atoms with Crippen LogP contribution >= 0.6 is 0 Å². The zero-order valence-electron chi connectivity index (χ0n) is 12.8. The molecule has 1 N–H and O–H groups in total. The summed E-state index contributed by atoms with van der Waals surface area (Å²) in [4.78, 5) is 15.7. The van der Waals surface area contributed by atoms with E-state index in [2.05, 4.69) is 36.2 Å². The van der Waals surface area contributed by atoms with Crippen molar-refractivity contribution in [3.05, 3.63) is 36.8 Å². The van der Waals surface area contributed by atoms with Gasteiger partial charge < -0.3 is 5.32 Å². The van der Waals surface area contributed by atoms with Gasteiger partial charge in [0.05, 0.1) is 12.2 Å². The number of pyridine rings is 1. The molecule has 0 saturated heterocycles. The summed E-state index contributed by atoms with van der Waals surface area (Å²) >= 11 is 0. The van der Waals surface area contributed by atoms with Crippen LogP contribution in [0.15, 0.2) is 36.8 Å². The first kappa shape index (κ1) is 15.2. The smallest absolute Gasteiger partial charge is 0.220 e. The lowest BCUT2D eigenvalue weighted by atomic mass is 9.92. The van der Waals surface area contributed by atoms with Crippen LogP contribution < -0.4 is 5.32 Å². The zero-order valence-corrected chi connectivity index (χ0v) is 12.8. The standard InChI is InChI=1S/C16H22N4O/c1-16(2,3)12-15(21)18-9-11-20-10-6-14(19-20)13-4-7-17-8-5-13/h4-8,10H,9,11-12H2,1-3H3,(H,18,21). The lowest BCUT2D eigenvalue weighted by molar-refractivity contribution is -0.122. The third kappa shape index (κ3) is 5.02. The Bertz CT molecular complexity index is 584. The average molecular weight is 286 g/mol. The van der Waals surface area contributed by atoms with Crippen LogP contribution in [0, 0.1) is 5.41 Å². The molecule has 0 aliphatic rings. The Hall–Kier alpha value is -2.17. The minimum atomic E-state index is 0.0182. The molecule has 0 unspecified atom stereocenters. The number of rotatable bonds is 5. The Labute approximate surface area is 125 Å². The molecule has 5 heteroatoms. The maximum atomic E-state index is 11.7. The van der Waals surface area contributed by atoms with Gasteiger partial charge in [0.1, 0.15) is 0 Å². The van der Waals surface area contributed by atoms with Crippen molar-refractivity contribution < 1.29 is 4.79 Å². The molecule has 0 atom stereocenters. The van der Waals surface area contributed by atoms with E-state index in [1.54, 1.807) is 12.4 Å². The van der Waals surface area contributed by atoms with E-state index >= 15 is 0 Å². The second-order valence-electron chi connectivity index (χ2n) is 6.29. The average Bonchev–Trinajstić information content (AvgIpc) is 2.86. The number of carbonyl (C=O) groups is 1. The number of nitrogens with zero attached hydrogens (tertiary/aromatic N) is 3. The van der Waals surface area contributed by atoms with Crippen molar-refractivity contribution in [2.45, 2.75) is 33.7 Å². The molecule has 0 fully saturated rings. The van der Waals surface area contributed by atoms with Gasteiger partial charge >= 0.3 is 0 Å². The van der Waals surface area contributed by atoms with Gasteiger partial charge in [-0.2, -0.15) is 5.10 Å². The molecule has 2 rings (SSSR count). The summed E-state index contributed by atoms with van der Waals surface area (Å²) in [6.45, 7) is 7.43. The molecule has 0 saturated carbocycles. The van der Waals surface area contributed by atoms with Gasteiger partial charge in [-0.25, -0.2) is 0 Å². The van der Waals surface area contributed by atoms with Crippen molar-refractivity contribution >= 4 is 5.91 Å². The highest BCUT2D eigenvalue weighted by Gasteiger charge is 2.15. The molecular formula is C16H22N4O. The summed E-state index contributed by atoms with van der Waals surface area (Å²) in [5.74, 6) is 0.0870. The summed E-state index contributed by atoms with van der Waals surface area (Å²) in [6, 6.07) is 5.82. The molecular weight excluding hydrogens is 264 g/mol. The quantitative estimate of drug-likeness (QED) is 0.918. The summed E-state index contributed by atoms with van der Waals surface area (Å²) in [5.41, 5.74) is 1.98. The summed E-state index contributed by atoms with van der Waals surface area (Å²) in [7, 11) is 0. The Kier molecular flexibility index (Phi) is 4.73. The fraction of sp³-hybridized carbons (Fsp3) is 0.438. The summed E-state index contributed by atoms with van der Waals surface area (Å²) in [5, 5.41) is 7.42. The molecule has 0 bridgehead atoms. The van der Waals surface area contributed by atoms with Gasteiger partial charge in [-0.05, 0) is 23.6 Å². The summed E-state index contributed by atoms with van der Waals surface area (Å²) < 4.78 is 1.84.